The van der Waals surface area contributed by atoms with Crippen LogP contribution in [0.5, 0.6) is 0 Å². The number of thiophene rings is 1. The second-order valence-electron chi connectivity index (χ2n) is 6.53. The van der Waals surface area contributed by atoms with Gasteiger partial charge in [-0.05, 0) is 42.6 Å². The Bertz CT molecular complexity index is 1140. The first-order chi connectivity index (χ1) is 13.6. The molecule has 0 atom stereocenters. The summed E-state index contributed by atoms with van der Waals surface area (Å²) >= 11 is 1.43. The zero-order chi connectivity index (χ0) is 19.5. The highest BCUT2D eigenvalue weighted by Gasteiger charge is 2.18. The fourth-order valence-corrected chi connectivity index (χ4v) is 3.73. The molecular weight excluding hydrogens is 374 g/mol. The molecule has 3 heterocycles. The summed E-state index contributed by atoms with van der Waals surface area (Å²) in [5.74, 6) is 0.616. The molecule has 3 aromatic heterocycles. The Morgan fingerprint density at radius 3 is 2.79 bits per heavy atom. The molecule has 0 unspecified atom stereocenters. The summed E-state index contributed by atoms with van der Waals surface area (Å²) < 4.78 is 6.92. The summed E-state index contributed by atoms with van der Waals surface area (Å²) in [6.07, 6.45) is 3.29. The minimum atomic E-state index is -0.119. The number of aryl methyl sites for hydroxylation is 2. The largest absolute Gasteiger partial charge is 0.467 e. The van der Waals surface area contributed by atoms with Crippen LogP contribution in [0.4, 0.5) is 5.69 Å². The zero-order valence-electron chi connectivity index (χ0n) is 15.4. The minimum absolute atomic E-state index is 0.0856. The molecule has 0 spiro atoms. The van der Waals surface area contributed by atoms with E-state index < -0.39 is 0 Å². The van der Waals surface area contributed by atoms with Crippen LogP contribution in [0.3, 0.4) is 0 Å². The van der Waals surface area contributed by atoms with Gasteiger partial charge < -0.3 is 9.32 Å². The molecule has 0 aliphatic heterocycles. The van der Waals surface area contributed by atoms with E-state index in [1.807, 2.05) is 42.6 Å². The Hall–Kier alpha value is -3.19. The highest BCUT2D eigenvalue weighted by atomic mass is 32.1. The van der Waals surface area contributed by atoms with E-state index in [2.05, 4.69) is 4.98 Å². The lowest BCUT2D eigenvalue weighted by Gasteiger charge is -2.22. The lowest BCUT2D eigenvalue weighted by atomic mass is 10.2. The van der Waals surface area contributed by atoms with Gasteiger partial charge in [0.25, 0.3) is 5.56 Å². The standard InChI is InChI=1S/C21H19N3O3S/c1-15-4-6-16(7-5-15)24(13-17-3-2-11-27-17)19(25)8-10-23-14-22-20-18(21(23)26)9-12-28-20/h2-7,9,11-12,14H,8,10,13H2,1H3. The van der Waals surface area contributed by atoms with Gasteiger partial charge in [0, 0.05) is 18.7 Å². The molecule has 6 nitrogen and oxygen atoms in total. The highest BCUT2D eigenvalue weighted by molar-refractivity contribution is 7.16. The zero-order valence-corrected chi connectivity index (χ0v) is 16.2. The number of hydrogen-bond acceptors (Lipinski definition) is 5. The normalized spacial score (nSPS) is 11.0. The van der Waals surface area contributed by atoms with Crippen LogP contribution in [0.15, 0.2) is 69.6 Å². The van der Waals surface area contributed by atoms with Crippen molar-refractivity contribution in [1.82, 2.24) is 9.55 Å². The molecule has 0 saturated heterocycles. The number of aromatic nitrogens is 2. The molecule has 0 N–H and O–H groups in total. The van der Waals surface area contributed by atoms with Crippen molar-refractivity contribution in [2.45, 2.75) is 26.4 Å². The summed E-state index contributed by atoms with van der Waals surface area (Å²) in [6.45, 7) is 2.62. The Balaban J connectivity index is 1.55. The number of rotatable bonds is 6. The molecule has 0 fully saturated rings. The Labute approximate surface area is 165 Å². The third-order valence-corrected chi connectivity index (χ3v) is 5.38. The smallest absolute Gasteiger partial charge is 0.262 e. The SMILES string of the molecule is Cc1ccc(N(Cc2ccco2)C(=O)CCn2cnc3sccc3c2=O)cc1. The molecule has 1 aromatic carbocycles. The van der Waals surface area contributed by atoms with Crippen LogP contribution in [0.25, 0.3) is 10.2 Å². The van der Waals surface area contributed by atoms with E-state index in [1.54, 1.807) is 23.3 Å². The van der Waals surface area contributed by atoms with Crippen molar-refractivity contribution in [2.75, 3.05) is 4.90 Å². The lowest BCUT2D eigenvalue weighted by molar-refractivity contribution is -0.119. The molecule has 4 rings (SSSR count). The third kappa shape index (κ3) is 3.75. The van der Waals surface area contributed by atoms with E-state index in [1.165, 1.54) is 22.2 Å². The predicted molar refractivity (Wildman–Crippen MR) is 110 cm³/mol. The van der Waals surface area contributed by atoms with Crippen LogP contribution in [0, 0.1) is 6.92 Å². The predicted octanol–water partition coefficient (Wildman–Crippen LogP) is 3.98. The maximum absolute atomic E-state index is 13.0. The molecule has 0 aliphatic rings. The maximum atomic E-state index is 13.0. The number of hydrogen-bond donors (Lipinski definition) is 0. The fourth-order valence-electron chi connectivity index (χ4n) is 3.01. The second-order valence-corrected chi connectivity index (χ2v) is 7.42. The van der Waals surface area contributed by atoms with Crippen molar-refractivity contribution in [3.8, 4) is 0 Å². The first-order valence-corrected chi connectivity index (χ1v) is 9.82. The summed E-state index contributed by atoms with van der Waals surface area (Å²) in [5, 5.41) is 2.43. The number of benzene rings is 1. The van der Waals surface area contributed by atoms with E-state index in [-0.39, 0.29) is 24.4 Å². The van der Waals surface area contributed by atoms with E-state index in [0.717, 1.165) is 11.3 Å². The van der Waals surface area contributed by atoms with Crippen molar-refractivity contribution in [2.24, 2.45) is 0 Å². The first kappa shape index (κ1) is 18.2. The number of fused-ring (bicyclic) bond motifs is 1. The van der Waals surface area contributed by atoms with Crippen LogP contribution in [-0.4, -0.2) is 15.5 Å². The van der Waals surface area contributed by atoms with Gasteiger partial charge in [0.2, 0.25) is 5.91 Å². The molecule has 0 radical (unpaired) electrons. The average Bonchev–Trinajstić information content (AvgIpc) is 3.38. The summed E-state index contributed by atoms with van der Waals surface area (Å²) in [5.41, 5.74) is 1.80. The van der Waals surface area contributed by atoms with E-state index in [4.69, 9.17) is 4.42 Å². The van der Waals surface area contributed by atoms with Crippen LogP contribution in [0.2, 0.25) is 0 Å². The molecule has 0 bridgehead atoms. The Morgan fingerprint density at radius 2 is 2.04 bits per heavy atom. The number of furan rings is 1. The topological polar surface area (TPSA) is 68.3 Å². The van der Waals surface area contributed by atoms with Gasteiger partial charge in [-0.2, -0.15) is 0 Å². The number of amides is 1. The van der Waals surface area contributed by atoms with Crippen molar-refractivity contribution in [3.05, 3.63) is 82.1 Å². The van der Waals surface area contributed by atoms with Gasteiger partial charge in [0.15, 0.2) is 0 Å². The van der Waals surface area contributed by atoms with Crippen molar-refractivity contribution in [3.63, 3.8) is 0 Å². The maximum Gasteiger partial charge on any atom is 0.262 e. The van der Waals surface area contributed by atoms with Crippen LogP contribution in [-0.2, 0) is 17.9 Å². The Morgan fingerprint density at radius 1 is 1.21 bits per heavy atom. The lowest BCUT2D eigenvalue weighted by Crippen LogP contribution is -2.32. The monoisotopic (exact) mass is 393 g/mol. The van der Waals surface area contributed by atoms with Gasteiger partial charge in [-0.25, -0.2) is 4.98 Å². The van der Waals surface area contributed by atoms with Gasteiger partial charge >= 0.3 is 0 Å². The second kappa shape index (κ2) is 7.82. The van der Waals surface area contributed by atoms with E-state index in [0.29, 0.717) is 22.5 Å². The van der Waals surface area contributed by atoms with Gasteiger partial charge in [-0.1, -0.05) is 17.7 Å². The highest BCUT2D eigenvalue weighted by Crippen LogP contribution is 2.20. The van der Waals surface area contributed by atoms with Gasteiger partial charge in [-0.15, -0.1) is 11.3 Å². The molecule has 0 aliphatic carbocycles. The average molecular weight is 393 g/mol. The molecule has 142 valence electrons. The van der Waals surface area contributed by atoms with Crippen LogP contribution >= 0.6 is 11.3 Å². The molecule has 0 saturated carbocycles. The molecule has 1 amide bonds. The van der Waals surface area contributed by atoms with E-state index >= 15 is 0 Å². The van der Waals surface area contributed by atoms with Crippen molar-refractivity contribution in [1.29, 1.82) is 0 Å². The summed E-state index contributed by atoms with van der Waals surface area (Å²) in [6, 6.07) is 13.2. The van der Waals surface area contributed by atoms with Crippen molar-refractivity contribution >= 4 is 33.1 Å². The molecular formula is C21H19N3O3S. The third-order valence-electron chi connectivity index (χ3n) is 4.56. The quantitative estimate of drug-likeness (QED) is 0.497. The van der Waals surface area contributed by atoms with Crippen molar-refractivity contribution < 1.29 is 9.21 Å². The Kier molecular flexibility index (Phi) is 5.08. The fraction of sp³-hybridized carbons (Fsp3) is 0.190. The minimum Gasteiger partial charge on any atom is -0.467 e. The molecule has 7 heteroatoms. The first-order valence-electron chi connectivity index (χ1n) is 8.94. The van der Waals surface area contributed by atoms with Crippen LogP contribution < -0.4 is 10.5 Å². The molecule has 4 aromatic rings. The number of nitrogens with zero attached hydrogens (tertiary/aromatic N) is 3. The van der Waals surface area contributed by atoms with Crippen LogP contribution in [0.1, 0.15) is 17.7 Å². The number of carbonyl (C=O) groups excluding carboxylic acids is 1. The molecule has 28 heavy (non-hydrogen) atoms. The summed E-state index contributed by atoms with van der Waals surface area (Å²) in [4.78, 5) is 32.2. The number of anilines is 1. The van der Waals surface area contributed by atoms with E-state index in [9.17, 15) is 9.59 Å². The van der Waals surface area contributed by atoms with Gasteiger partial charge in [0.05, 0.1) is 24.5 Å². The van der Waals surface area contributed by atoms with Gasteiger partial charge in [-0.3, -0.25) is 14.2 Å². The number of carbonyl (C=O) groups is 1. The summed E-state index contributed by atoms with van der Waals surface area (Å²) in [7, 11) is 0. The van der Waals surface area contributed by atoms with Gasteiger partial charge in [0.1, 0.15) is 10.6 Å².